The van der Waals surface area contributed by atoms with Crippen LogP contribution in [0.25, 0.3) is 10.8 Å². The van der Waals surface area contributed by atoms with Crippen LogP contribution < -0.4 is 9.47 Å². The lowest BCUT2D eigenvalue weighted by atomic mass is 9.70. The predicted molar refractivity (Wildman–Crippen MR) is 120 cm³/mol. The molecule has 0 N–H and O–H groups in total. The van der Waals surface area contributed by atoms with Gasteiger partial charge in [-0.3, -0.25) is 4.79 Å². The maximum Gasteiger partial charge on any atom is 0.308 e. The summed E-state index contributed by atoms with van der Waals surface area (Å²) in [5, 5.41) is 2.41. The number of carbonyl (C=O) groups excluding carboxylic acids is 1. The number of methoxy groups -OCH3 is 1. The molecule has 150 valence electrons. The van der Waals surface area contributed by atoms with Gasteiger partial charge in [0.05, 0.1) is 7.11 Å². The van der Waals surface area contributed by atoms with E-state index in [1.165, 1.54) is 23.3 Å². The summed E-state index contributed by atoms with van der Waals surface area (Å²) >= 11 is 0. The summed E-state index contributed by atoms with van der Waals surface area (Å²) < 4.78 is 10.6. The lowest BCUT2D eigenvalue weighted by molar-refractivity contribution is -0.131. The van der Waals surface area contributed by atoms with Crippen LogP contribution in [-0.4, -0.2) is 13.1 Å². The van der Waals surface area contributed by atoms with Gasteiger partial charge in [0.2, 0.25) is 0 Å². The normalized spacial score (nSPS) is 12.9. The fourth-order valence-electron chi connectivity index (χ4n) is 4.09. The first-order chi connectivity index (χ1) is 14.5. The lowest BCUT2D eigenvalue weighted by Gasteiger charge is -2.33. The van der Waals surface area contributed by atoms with Crippen LogP contribution in [0.1, 0.15) is 30.5 Å². The standard InChI is InChI=1S/C27H24O3/c1-19(28)30-24-17-13-22(14-18-24)27(2,21-11-15-23(29-3)16-12-21)26-10-6-8-20-7-4-5-9-25(20)26/h4-18H,1-3H3. The molecule has 0 aliphatic heterocycles. The minimum absolute atomic E-state index is 0.324. The number of rotatable bonds is 5. The number of fused-ring (bicyclic) bond motifs is 1. The highest BCUT2D eigenvalue weighted by Crippen LogP contribution is 2.42. The van der Waals surface area contributed by atoms with Crippen LogP contribution >= 0.6 is 0 Å². The van der Waals surface area contributed by atoms with E-state index >= 15 is 0 Å². The Balaban J connectivity index is 1.93. The van der Waals surface area contributed by atoms with E-state index in [9.17, 15) is 4.79 Å². The Hall–Kier alpha value is -3.59. The van der Waals surface area contributed by atoms with Gasteiger partial charge in [0.15, 0.2) is 0 Å². The molecule has 0 saturated heterocycles. The molecule has 0 saturated carbocycles. The van der Waals surface area contributed by atoms with Crippen molar-refractivity contribution in [2.45, 2.75) is 19.3 Å². The monoisotopic (exact) mass is 396 g/mol. The molecule has 4 aromatic rings. The molecule has 0 amide bonds. The largest absolute Gasteiger partial charge is 0.497 e. The molecular weight excluding hydrogens is 372 g/mol. The van der Waals surface area contributed by atoms with Gasteiger partial charge >= 0.3 is 5.97 Å². The molecule has 3 nitrogen and oxygen atoms in total. The van der Waals surface area contributed by atoms with Crippen LogP contribution in [0, 0.1) is 0 Å². The van der Waals surface area contributed by atoms with Crippen LogP contribution in [-0.2, 0) is 10.2 Å². The summed E-state index contributed by atoms with van der Waals surface area (Å²) in [6.07, 6.45) is 0. The molecule has 0 bridgehead atoms. The van der Waals surface area contributed by atoms with Crippen molar-refractivity contribution in [3.63, 3.8) is 0 Å². The number of esters is 1. The first kappa shape index (κ1) is 19.7. The van der Waals surface area contributed by atoms with Crippen molar-refractivity contribution in [1.29, 1.82) is 0 Å². The minimum Gasteiger partial charge on any atom is -0.497 e. The number of hydrogen-bond donors (Lipinski definition) is 0. The van der Waals surface area contributed by atoms with Gasteiger partial charge in [0.25, 0.3) is 0 Å². The lowest BCUT2D eigenvalue weighted by Crippen LogP contribution is -2.25. The number of carbonyl (C=O) groups is 1. The van der Waals surface area contributed by atoms with E-state index in [1.807, 2.05) is 36.4 Å². The molecule has 3 heteroatoms. The van der Waals surface area contributed by atoms with E-state index in [-0.39, 0.29) is 5.97 Å². The summed E-state index contributed by atoms with van der Waals surface area (Å²) in [5.41, 5.74) is 3.06. The summed E-state index contributed by atoms with van der Waals surface area (Å²) in [5.74, 6) is 1.04. The van der Waals surface area contributed by atoms with Crippen LogP contribution in [0.5, 0.6) is 11.5 Å². The molecular formula is C27H24O3. The zero-order valence-electron chi connectivity index (χ0n) is 17.4. The third-order valence-corrected chi connectivity index (χ3v) is 5.69. The van der Waals surface area contributed by atoms with E-state index < -0.39 is 5.41 Å². The van der Waals surface area contributed by atoms with Gasteiger partial charge in [0.1, 0.15) is 11.5 Å². The van der Waals surface area contributed by atoms with E-state index in [2.05, 4.69) is 61.5 Å². The Morgan fingerprint density at radius 3 is 1.90 bits per heavy atom. The summed E-state index contributed by atoms with van der Waals surface area (Å²) in [4.78, 5) is 11.3. The second-order valence-corrected chi connectivity index (χ2v) is 7.50. The van der Waals surface area contributed by atoms with Gasteiger partial charge in [-0.05, 0) is 58.7 Å². The smallest absolute Gasteiger partial charge is 0.308 e. The fraction of sp³-hybridized carbons (Fsp3) is 0.148. The molecule has 0 fully saturated rings. The molecule has 0 radical (unpaired) electrons. The third-order valence-electron chi connectivity index (χ3n) is 5.69. The Morgan fingerprint density at radius 1 is 0.733 bits per heavy atom. The quantitative estimate of drug-likeness (QED) is 0.231. The Morgan fingerprint density at radius 2 is 1.30 bits per heavy atom. The SMILES string of the molecule is COc1ccc(C(C)(c2ccc(OC(C)=O)cc2)c2cccc3ccccc23)cc1. The Labute approximate surface area is 176 Å². The molecule has 0 spiro atoms. The van der Waals surface area contributed by atoms with E-state index in [1.54, 1.807) is 7.11 Å². The second-order valence-electron chi connectivity index (χ2n) is 7.50. The van der Waals surface area contributed by atoms with Crippen molar-refractivity contribution in [3.05, 3.63) is 108 Å². The van der Waals surface area contributed by atoms with E-state index in [4.69, 9.17) is 9.47 Å². The van der Waals surface area contributed by atoms with E-state index in [0.29, 0.717) is 5.75 Å². The number of ether oxygens (including phenoxy) is 2. The molecule has 0 aliphatic rings. The van der Waals surface area contributed by atoms with Gasteiger partial charge in [-0.15, -0.1) is 0 Å². The van der Waals surface area contributed by atoms with Crippen LogP contribution in [0.15, 0.2) is 91.0 Å². The summed E-state index contributed by atoms with van der Waals surface area (Å²) in [6, 6.07) is 30.8. The Bertz CT molecular complexity index is 1170. The maximum absolute atomic E-state index is 11.3. The molecule has 0 heterocycles. The van der Waals surface area contributed by atoms with Crippen molar-refractivity contribution in [1.82, 2.24) is 0 Å². The molecule has 4 aromatic carbocycles. The molecule has 0 aromatic heterocycles. The minimum atomic E-state index is -0.415. The highest BCUT2D eigenvalue weighted by atomic mass is 16.5. The molecule has 1 unspecified atom stereocenters. The first-order valence-corrected chi connectivity index (χ1v) is 9.94. The van der Waals surface area contributed by atoms with Crippen molar-refractivity contribution >= 4 is 16.7 Å². The van der Waals surface area contributed by atoms with Gasteiger partial charge in [-0.1, -0.05) is 66.7 Å². The Kier molecular flexibility index (Phi) is 5.28. The molecule has 4 rings (SSSR count). The average molecular weight is 396 g/mol. The van der Waals surface area contributed by atoms with Crippen molar-refractivity contribution in [2.75, 3.05) is 7.11 Å². The zero-order valence-corrected chi connectivity index (χ0v) is 17.4. The van der Waals surface area contributed by atoms with Gasteiger partial charge in [-0.2, -0.15) is 0 Å². The molecule has 1 atom stereocenters. The van der Waals surface area contributed by atoms with Crippen LogP contribution in [0.4, 0.5) is 0 Å². The predicted octanol–water partition coefficient (Wildman–Crippen LogP) is 6.13. The van der Waals surface area contributed by atoms with Gasteiger partial charge < -0.3 is 9.47 Å². The summed E-state index contributed by atoms with van der Waals surface area (Å²) in [7, 11) is 1.67. The summed E-state index contributed by atoms with van der Waals surface area (Å²) in [6.45, 7) is 3.64. The zero-order chi connectivity index (χ0) is 21.1. The topological polar surface area (TPSA) is 35.5 Å². The van der Waals surface area contributed by atoms with E-state index in [0.717, 1.165) is 16.9 Å². The van der Waals surface area contributed by atoms with Crippen molar-refractivity contribution < 1.29 is 14.3 Å². The molecule has 30 heavy (non-hydrogen) atoms. The average Bonchev–Trinajstić information content (AvgIpc) is 2.78. The highest BCUT2D eigenvalue weighted by Gasteiger charge is 2.32. The highest BCUT2D eigenvalue weighted by molar-refractivity contribution is 5.88. The van der Waals surface area contributed by atoms with Crippen LogP contribution in [0.2, 0.25) is 0 Å². The maximum atomic E-state index is 11.3. The second kappa shape index (κ2) is 8.03. The van der Waals surface area contributed by atoms with Crippen molar-refractivity contribution in [3.8, 4) is 11.5 Å². The van der Waals surface area contributed by atoms with Crippen molar-refractivity contribution in [2.24, 2.45) is 0 Å². The van der Waals surface area contributed by atoms with Gasteiger partial charge in [-0.25, -0.2) is 0 Å². The van der Waals surface area contributed by atoms with Gasteiger partial charge in [0, 0.05) is 12.3 Å². The third kappa shape index (κ3) is 3.55. The first-order valence-electron chi connectivity index (χ1n) is 9.94. The van der Waals surface area contributed by atoms with Crippen LogP contribution in [0.3, 0.4) is 0 Å². The molecule has 0 aliphatic carbocycles. The number of hydrogen-bond acceptors (Lipinski definition) is 3. The fourth-order valence-corrected chi connectivity index (χ4v) is 4.09. The number of benzene rings is 4.